The average Bonchev–Trinajstić information content (AvgIpc) is 2.30. The van der Waals surface area contributed by atoms with Crippen molar-refractivity contribution >= 4 is 0 Å². The maximum absolute atomic E-state index is 5.77. The third-order valence-corrected chi connectivity index (χ3v) is 3.53. The Morgan fingerprint density at radius 3 is 2.83 bits per heavy atom. The van der Waals surface area contributed by atoms with Crippen molar-refractivity contribution in [2.45, 2.75) is 26.3 Å². The van der Waals surface area contributed by atoms with E-state index in [0.717, 1.165) is 51.0 Å². The second kappa shape index (κ2) is 6.76. The van der Waals surface area contributed by atoms with Gasteiger partial charge in [0.25, 0.3) is 0 Å². The Hall–Kier alpha value is -1.06. The van der Waals surface area contributed by atoms with E-state index in [4.69, 9.17) is 4.74 Å². The third kappa shape index (κ3) is 3.72. The van der Waals surface area contributed by atoms with Crippen LogP contribution in [-0.2, 0) is 0 Å². The van der Waals surface area contributed by atoms with E-state index in [2.05, 4.69) is 36.2 Å². The molecule has 1 aromatic rings. The molecule has 18 heavy (non-hydrogen) atoms. The number of hydrogen-bond acceptors (Lipinski definition) is 3. The normalized spacial score (nSPS) is 15.7. The lowest BCUT2D eigenvalue weighted by molar-refractivity contribution is 0.142. The smallest absolute Gasteiger partial charge is 0.119 e. The minimum absolute atomic E-state index is 0.744. The summed E-state index contributed by atoms with van der Waals surface area (Å²) < 4.78 is 5.77. The van der Waals surface area contributed by atoms with Crippen LogP contribution in [-0.4, -0.2) is 43.7 Å². The van der Waals surface area contributed by atoms with Crippen molar-refractivity contribution in [3.8, 4) is 5.75 Å². The number of benzene rings is 1. The van der Waals surface area contributed by atoms with Crippen LogP contribution in [0.15, 0.2) is 24.3 Å². The molecule has 1 aromatic carbocycles. The molecule has 1 N–H and O–H groups in total. The van der Waals surface area contributed by atoms with Gasteiger partial charge in [-0.25, -0.2) is 0 Å². The third-order valence-electron chi connectivity index (χ3n) is 3.53. The molecule has 1 fully saturated rings. The summed E-state index contributed by atoms with van der Waals surface area (Å²) in [5, 5.41) is 3.33. The second-order valence-corrected chi connectivity index (χ2v) is 4.96. The van der Waals surface area contributed by atoms with Crippen molar-refractivity contribution < 1.29 is 4.74 Å². The zero-order chi connectivity index (χ0) is 12.8. The molecule has 2 rings (SSSR count). The molecule has 100 valence electrons. The summed E-state index contributed by atoms with van der Waals surface area (Å²) in [6, 6.07) is 9.00. The summed E-state index contributed by atoms with van der Waals surface area (Å²) >= 11 is 0. The quantitative estimate of drug-likeness (QED) is 0.748. The highest BCUT2D eigenvalue weighted by Gasteiger charge is 2.22. The van der Waals surface area contributed by atoms with Crippen LogP contribution >= 0.6 is 0 Å². The van der Waals surface area contributed by atoms with E-state index >= 15 is 0 Å². The highest BCUT2D eigenvalue weighted by atomic mass is 16.5. The molecule has 0 unspecified atom stereocenters. The molecule has 3 nitrogen and oxygen atoms in total. The molecule has 0 atom stereocenters. The van der Waals surface area contributed by atoms with Crippen molar-refractivity contribution in [2.75, 3.05) is 32.8 Å². The predicted molar refractivity (Wildman–Crippen MR) is 75.2 cm³/mol. The summed E-state index contributed by atoms with van der Waals surface area (Å²) in [5.74, 6) is 0.989. The summed E-state index contributed by atoms with van der Waals surface area (Å²) in [4.78, 5) is 2.54. The van der Waals surface area contributed by atoms with E-state index in [9.17, 15) is 0 Å². The Bertz CT molecular complexity index is 363. The van der Waals surface area contributed by atoms with Gasteiger partial charge < -0.3 is 10.1 Å². The Balaban J connectivity index is 1.65. The summed E-state index contributed by atoms with van der Waals surface area (Å²) in [7, 11) is 0. The van der Waals surface area contributed by atoms with Crippen LogP contribution < -0.4 is 10.1 Å². The first kappa shape index (κ1) is 13.4. The van der Waals surface area contributed by atoms with Crippen LogP contribution in [0, 0.1) is 6.92 Å². The number of nitrogens with zero attached hydrogens (tertiary/aromatic N) is 1. The minimum Gasteiger partial charge on any atom is -0.494 e. The first-order chi connectivity index (χ1) is 8.79. The summed E-state index contributed by atoms with van der Waals surface area (Å²) in [5.41, 5.74) is 1.25. The van der Waals surface area contributed by atoms with Crippen molar-refractivity contribution in [3.05, 3.63) is 29.8 Å². The molecule has 1 heterocycles. The highest BCUT2D eigenvalue weighted by Crippen LogP contribution is 2.13. The molecule has 3 heteroatoms. The molecule has 0 aromatic heterocycles. The van der Waals surface area contributed by atoms with Crippen LogP contribution in [0.5, 0.6) is 5.75 Å². The fourth-order valence-electron chi connectivity index (χ4n) is 2.29. The number of hydrogen-bond donors (Lipinski definition) is 1. The number of nitrogens with one attached hydrogen (secondary N) is 1. The lowest BCUT2D eigenvalue weighted by Gasteiger charge is -2.37. The van der Waals surface area contributed by atoms with E-state index in [1.54, 1.807) is 0 Å². The van der Waals surface area contributed by atoms with E-state index in [-0.39, 0.29) is 0 Å². The second-order valence-electron chi connectivity index (χ2n) is 4.96. The molecule has 0 amide bonds. The molecule has 0 saturated carbocycles. The van der Waals surface area contributed by atoms with Crippen LogP contribution in [0.25, 0.3) is 0 Å². The van der Waals surface area contributed by atoms with Crippen LogP contribution in [0.4, 0.5) is 0 Å². The van der Waals surface area contributed by atoms with Gasteiger partial charge in [-0.1, -0.05) is 19.1 Å². The summed E-state index contributed by atoms with van der Waals surface area (Å²) in [6.45, 7) is 9.69. The molecule has 0 radical (unpaired) electrons. The summed E-state index contributed by atoms with van der Waals surface area (Å²) in [6.07, 6.45) is 1.10. The Morgan fingerprint density at radius 2 is 2.22 bits per heavy atom. The van der Waals surface area contributed by atoms with Gasteiger partial charge >= 0.3 is 0 Å². The maximum Gasteiger partial charge on any atom is 0.119 e. The molecular weight excluding hydrogens is 224 g/mol. The Morgan fingerprint density at radius 1 is 1.39 bits per heavy atom. The Kier molecular flexibility index (Phi) is 5.02. The van der Waals surface area contributed by atoms with Gasteiger partial charge in [0, 0.05) is 25.7 Å². The number of rotatable bonds is 7. The minimum atomic E-state index is 0.744. The first-order valence-corrected chi connectivity index (χ1v) is 6.94. The molecule has 0 spiro atoms. The van der Waals surface area contributed by atoms with Crippen LogP contribution in [0.3, 0.4) is 0 Å². The van der Waals surface area contributed by atoms with Gasteiger partial charge in [-0.3, -0.25) is 4.90 Å². The monoisotopic (exact) mass is 248 g/mol. The standard InChI is InChI=1S/C15H24N2O/c1-3-17(14-11-16-12-14)8-5-9-18-15-7-4-6-13(2)10-15/h4,6-7,10,14,16H,3,5,8-9,11-12H2,1-2H3. The largest absolute Gasteiger partial charge is 0.494 e. The number of likely N-dealkylation sites (N-methyl/N-ethyl adjacent to an activating group) is 1. The van der Waals surface area contributed by atoms with E-state index in [1.807, 2.05) is 12.1 Å². The van der Waals surface area contributed by atoms with Crippen LogP contribution in [0.1, 0.15) is 18.9 Å². The van der Waals surface area contributed by atoms with Crippen molar-refractivity contribution in [3.63, 3.8) is 0 Å². The molecule has 0 bridgehead atoms. The van der Waals surface area contributed by atoms with Crippen LogP contribution in [0.2, 0.25) is 0 Å². The highest BCUT2D eigenvalue weighted by molar-refractivity contribution is 5.27. The van der Waals surface area contributed by atoms with E-state index in [1.165, 1.54) is 5.56 Å². The van der Waals surface area contributed by atoms with Gasteiger partial charge in [-0.15, -0.1) is 0 Å². The number of aryl methyl sites for hydroxylation is 1. The molecule has 0 aliphatic carbocycles. The van der Waals surface area contributed by atoms with E-state index in [0.29, 0.717) is 0 Å². The van der Waals surface area contributed by atoms with Gasteiger partial charge in [0.15, 0.2) is 0 Å². The Labute approximate surface area is 110 Å². The lowest BCUT2D eigenvalue weighted by Crippen LogP contribution is -2.57. The van der Waals surface area contributed by atoms with Gasteiger partial charge in [-0.2, -0.15) is 0 Å². The maximum atomic E-state index is 5.77. The van der Waals surface area contributed by atoms with Gasteiger partial charge in [-0.05, 0) is 37.6 Å². The lowest BCUT2D eigenvalue weighted by atomic mass is 10.1. The SMILES string of the molecule is CCN(CCCOc1cccc(C)c1)C1CNC1. The zero-order valence-corrected chi connectivity index (χ0v) is 11.5. The zero-order valence-electron chi connectivity index (χ0n) is 11.5. The molecule has 1 aliphatic rings. The first-order valence-electron chi connectivity index (χ1n) is 6.94. The van der Waals surface area contributed by atoms with Gasteiger partial charge in [0.1, 0.15) is 5.75 Å². The fraction of sp³-hybridized carbons (Fsp3) is 0.600. The van der Waals surface area contributed by atoms with Crippen molar-refractivity contribution in [2.24, 2.45) is 0 Å². The number of ether oxygens (including phenoxy) is 1. The molecule has 1 aliphatic heterocycles. The van der Waals surface area contributed by atoms with Crippen molar-refractivity contribution in [1.29, 1.82) is 0 Å². The van der Waals surface area contributed by atoms with Crippen molar-refractivity contribution in [1.82, 2.24) is 10.2 Å². The molecule has 1 saturated heterocycles. The fourth-order valence-corrected chi connectivity index (χ4v) is 2.29. The topological polar surface area (TPSA) is 24.5 Å². The average molecular weight is 248 g/mol. The molecular formula is C15H24N2O. The van der Waals surface area contributed by atoms with Gasteiger partial charge in [0.2, 0.25) is 0 Å². The predicted octanol–water partition coefficient (Wildman–Crippen LogP) is 2.06. The van der Waals surface area contributed by atoms with E-state index < -0.39 is 0 Å². The van der Waals surface area contributed by atoms with Gasteiger partial charge in [0.05, 0.1) is 6.61 Å².